The normalized spacial score (nSPS) is 13.9. The van der Waals surface area contributed by atoms with Gasteiger partial charge >= 0.3 is 0 Å². The minimum absolute atomic E-state index is 0.341. The molecule has 2 aromatic rings. The summed E-state index contributed by atoms with van der Waals surface area (Å²) in [5, 5.41) is 0. The van der Waals surface area contributed by atoms with Crippen molar-refractivity contribution in [3.8, 4) is 11.5 Å². The first-order chi connectivity index (χ1) is 9.63. The number of hydrogen-bond acceptors (Lipinski definition) is 2. The highest BCUT2D eigenvalue weighted by Crippen LogP contribution is 2.33. The average Bonchev–Trinajstić information content (AvgIpc) is 2.44. The molecule has 0 heterocycles. The van der Waals surface area contributed by atoms with Crippen molar-refractivity contribution in [1.82, 2.24) is 0 Å². The third-order valence-electron chi connectivity index (χ3n) is 3.60. The van der Waals surface area contributed by atoms with E-state index in [1.807, 2.05) is 12.1 Å². The van der Waals surface area contributed by atoms with Crippen LogP contribution < -0.4 is 10.5 Å². The molecule has 0 unspecified atom stereocenters. The number of nitrogens with two attached hydrogens (primary N) is 1. The summed E-state index contributed by atoms with van der Waals surface area (Å²) in [7, 11) is 0. The van der Waals surface area contributed by atoms with Gasteiger partial charge in [-0.15, -0.1) is 0 Å². The second-order valence-corrected chi connectivity index (χ2v) is 5.90. The summed E-state index contributed by atoms with van der Waals surface area (Å²) in [4.78, 5) is 0. The van der Waals surface area contributed by atoms with Crippen molar-refractivity contribution in [2.24, 2.45) is 0 Å². The first-order valence-corrected chi connectivity index (χ1v) is 7.47. The Kier molecular flexibility index (Phi) is 3.66. The summed E-state index contributed by atoms with van der Waals surface area (Å²) in [6, 6.07) is 8.87. The Hall–Kier alpha value is -1.55. The van der Waals surface area contributed by atoms with Crippen LogP contribution in [0.2, 0.25) is 0 Å². The zero-order valence-corrected chi connectivity index (χ0v) is 12.5. The molecule has 0 aliphatic heterocycles. The maximum Gasteiger partial charge on any atom is 0.153 e. The summed E-state index contributed by atoms with van der Waals surface area (Å²) in [6.45, 7) is 0. The predicted octanol–water partition coefficient (Wildman–Crippen LogP) is 4.84. The predicted molar refractivity (Wildman–Crippen MR) is 81.7 cm³/mol. The molecule has 2 nitrogen and oxygen atoms in total. The fraction of sp³-hybridized carbons (Fsp3) is 0.250. The first-order valence-electron chi connectivity index (χ1n) is 6.67. The minimum atomic E-state index is -0.382. The molecule has 0 saturated carbocycles. The molecule has 1 aliphatic carbocycles. The van der Waals surface area contributed by atoms with Crippen molar-refractivity contribution in [2.75, 3.05) is 5.73 Å². The second-order valence-electron chi connectivity index (χ2n) is 5.04. The first kappa shape index (κ1) is 13.4. The lowest BCUT2D eigenvalue weighted by Gasteiger charge is -2.17. The monoisotopic (exact) mass is 335 g/mol. The molecule has 4 heteroatoms. The van der Waals surface area contributed by atoms with Gasteiger partial charge in [-0.1, -0.05) is 6.07 Å². The van der Waals surface area contributed by atoms with Crippen LogP contribution >= 0.6 is 15.9 Å². The average molecular weight is 336 g/mol. The Morgan fingerprint density at radius 2 is 1.80 bits per heavy atom. The van der Waals surface area contributed by atoms with Crippen LogP contribution in [0.25, 0.3) is 0 Å². The molecule has 20 heavy (non-hydrogen) atoms. The number of anilines is 1. The van der Waals surface area contributed by atoms with Crippen LogP contribution in [0.4, 0.5) is 10.1 Å². The molecule has 104 valence electrons. The number of fused-ring (bicyclic) bond motifs is 1. The van der Waals surface area contributed by atoms with Crippen LogP contribution in [0, 0.1) is 5.82 Å². The van der Waals surface area contributed by atoms with Gasteiger partial charge in [0.25, 0.3) is 0 Å². The minimum Gasteiger partial charge on any atom is -0.455 e. The third kappa shape index (κ3) is 2.66. The SMILES string of the molecule is Nc1cc(Br)c(F)cc1Oc1ccc2c(c1)CCCC2. The van der Waals surface area contributed by atoms with E-state index in [9.17, 15) is 4.39 Å². The van der Waals surface area contributed by atoms with Gasteiger partial charge in [0.05, 0.1) is 10.2 Å². The lowest BCUT2D eigenvalue weighted by Crippen LogP contribution is -2.02. The van der Waals surface area contributed by atoms with E-state index in [2.05, 4.69) is 22.0 Å². The standard InChI is InChI=1S/C16H15BrFNO/c17-13-8-15(19)16(9-14(13)18)20-12-6-5-10-3-1-2-4-11(10)7-12/h5-9H,1-4,19H2. The Labute approximate surface area is 125 Å². The maximum absolute atomic E-state index is 13.6. The molecule has 0 amide bonds. The molecular weight excluding hydrogens is 321 g/mol. The zero-order valence-electron chi connectivity index (χ0n) is 11.0. The summed E-state index contributed by atoms with van der Waals surface area (Å²) < 4.78 is 19.6. The molecule has 0 saturated heterocycles. The Bertz CT molecular complexity index is 657. The highest BCUT2D eigenvalue weighted by Gasteiger charge is 2.12. The molecule has 0 radical (unpaired) electrons. The smallest absolute Gasteiger partial charge is 0.153 e. The van der Waals surface area contributed by atoms with Gasteiger partial charge in [0.1, 0.15) is 11.6 Å². The second kappa shape index (κ2) is 5.44. The highest BCUT2D eigenvalue weighted by molar-refractivity contribution is 9.10. The van der Waals surface area contributed by atoms with Crippen LogP contribution in [-0.4, -0.2) is 0 Å². The Balaban J connectivity index is 1.89. The van der Waals surface area contributed by atoms with Gasteiger partial charge in [-0.05, 0) is 70.9 Å². The fourth-order valence-electron chi connectivity index (χ4n) is 2.53. The summed E-state index contributed by atoms with van der Waals surface area (Å²) in [5.74, 6) is 0.674. The van der Waals surface area contributed by atoms with Crippen LogP contribution in [0.3, 0.4) is 0 Å². The van der Waals surface area contributed by atoms with Gasteiger partial charge < -0.3 is 10.5 Å². The molecule has 0 bridgehead atoms. The van der Waals surface area contributed by atoms with E-state index in [0.29, 0.717) is 21.7 Å². The van der Waals surface area contributed by atoms with Crippen LogP contribution in [0.5, 0.6) is 11.5 Å². The number of rotatable bonds is 2. The number of halogens is 2. The summed E-state index contributed by atoms with van der Waals surface area (Å²) in [6.07, 6.45) is 4.67. The van der Waals surface area contributed by atoms with Crippen LogP contribution in [0.15, 0.2) is 34.8 Å². The lowest BCUT2D eigenvalue weighted by molar-refractivity contribution is 0.477. The lowest BCUT2D eigenvalue weighted by atomic mass is 9.92. The molecule has 0 spiro atoms. The number of ether oxygens (including phenoxy) is 1. The topological polar surface area (TPSA) is 35.2 Å². The summed E-state index contributed by atoms with van der Waals surface area (Å²) in [5.41, 5.74) is 8.98. The Morgan fingerprint density at radius 3 is 2.60 bits per heavy atom. The van der Waals surface area contributed by atoms with Gasteiger partial charge in [0.2, 0.25) is 0 Å². The number of hydrogen-bond donors (Lipinski definition) is 1. The summed E-state index contributed by atoms with van der Waals surface area (Å²) >= 11 is 3.10. The zero-order chi connectivity index (χ0) is 14.1. The molecule has 3 rings (SSSR count). The van der Waals surface area contributed by atoms with E-state index in [1.54, 1.807) is 0 Å². The van der Waals surface area contributed by atoms with Crippen molar-refractivity contribution in [2.45, 2.75) is 25.7 Å². The van der Waals surface area contributed by atoms with E-state index < -0.39 is 0 Å². The maximum atomic E-state index is 13.6. The van der Waals surface area contributed by atoms with Crippen LogP contribution in [-0.2, 0) is 12.8 Å². The van der Waals surface area contributed by atoms with E-state index in [0.717, 1.165) is 12.8 Å². The van der Waals surface area contributed by atoms with Crippen molar-refractivity contribution in [3.63, 3.8) is 0 Å². The van der Waals surface area contributed by atoms with Gasteiger partial charge in [-0.3, -0.25) is 0 Å². The Morgan fingerprint density at radius 1 is 1.05 bits per heavy atom. The molecule has 0 aromatic heterocycles. The molecule has 0 atom stereocenters. The van der Waals surface area contributed by atoms with Crippen molar-refractivity contribution >= 4 is 21.6 Å². The number of aryl methyl sites for hydroxylation is 2. The van der Waals surface area contributed by atoms with Gasteiger partial charge in [0.15, 0.2) is 5.75 Å². The highest BCUT2D eigenvalue weighted by atomic mass is 79.9. The van der Waals surface area contributed by atoms with E-state index >= 15 is 0 Å². The van der Waals surface area contributed by atoms with Gasteiger partial charge in [0, 0.05) is 6.07 Å². The van der Waals surface area contributed by atoms with E-state index in [4.69, 9.17) is 10.5 Å². The third-order valence-corrected chi connectivity index (χ3v) is 4.21. The molecule has 2 aromatic carbocycles. The largest absolute Gasteiger partial charge is 0.455 e. The number of nitrogen functional groups attached to an aromatic ring is 1. The van der Waals surface area contributed by atoms with Crippen molar-refractivity contribution < 1.29 is 9.13 Å². The van der Waals surface area contributed by atoms with Gasteiger partial charge in [-0.25, -0.2) is 4.39 Å². The van der Waals surface area contributed by atoms with Crippen LogP contribution in [0.1, 0.15) is 24.0 Å². The van der Waals surface area contributed by atoms with Crippen molar-refractivity contribution in [3.05, 3.63) is 51.7 Å². The van der Waals surface area contributed by atoms with E-state index in [-0.39, 0.29) is 5.82 Å². The molecular formula is C16H15BrFNO. The quantitative estimate of drug-likeness (QED) is 0.797. The molecule has 2 N–H and O–H groups in total. The fourth-order valence-corrected chi connectivity index (χ4v) is 2.89. The van der Waals surface area contributed by atoms with Crippen molar-refractivity contribution in [1.29, 1.82) is 0 Å². The molecule has 1 aliphatic rings. The van der Waals surface area contributed by atoms with Gasteiger partial charge in [-0.2, -0.15) is 0 Å². The molecule has 0 fully saturated rings. The number of benzene rings is 2. The van der Waals surface area contributed by atoms with E-state index in [1.165, 1.54) is 36.1 Å².